The number of nitrogens with zero attached hydrogens (tertiary/aromatic N) is 1. The zero-order valence-corrected chi connectivity index (χ0v) is 15.3. The molecule has 1 fully saturated rings. The second kappa shape index (κ2) is 8.39. The first-order chi connectivity index (χ1) is 12.2. The van der Waals surface area contributed by atoms with E-state index in [4.69, 9.17) is 4.99 Å². The van der Waals surface area contributed by atoms with Gasteiger partial charge in [-0.05, 0) is 63.1 Å². The third kappa shape index (κ3) is 4.54. The fraction of sp³-hybridized carbons (Fsp3) is 0.550. The van der Waals surface area contributed by atoms with Gasteiger partial charge < -0.3 is 20.7 Å². The summed E-state index contributed by atoms with van der Waals surface area (Å²) >= 11 is 0. The third-order valence-corrected chi connectivity index (χ3v) is 5.03. The SMILES string of the molecule is CCNC(=NCCc1c[nH]c2cccc(C)c12)NC1CCC(O)CC1. The van der Waals surface area contributed by atoms with Gasteiger partial charge in [0.1, 0.15) is 0 Å². The van der Waals surface area contributed by atoms with Crippen LogP contribution in [-0.4, -0.2) is 41.3 Å². The maximum Gasteiger partial charge on any atom is 0.191 e. The molecule has 1 aliphatic carbocycles. The van der Waals surface area contributed by atoms with E-state index in [9.17, 15) is 5.11 Å². The van der Waals surface area contributed by atoms with Gasteiger partial charge in [-0.2, -0.15) is 0 Å². The van der Waals surface area contributed by atoms with Crippen molar-refractivity contribution in [3.05, 3.63) is 35.5 Å². The van der Waals surface area contributed by atoms with Crippen molar-refractivity contribution in [3.8, 4) is 0 Å². The molecule has 25 heavy (non-hydrogen) atoms. The summed E-state index contributed by atoms with van der Waals surface area (Å²) in [6, 6.07) is 6.78. The molecule has 5 nitrogen and oxygen atoms in total. The van der Waals surface area contributed by atoms with Gasteiger partial charge >= 0.3 is 0 Å². The summed E-state index contributed by atoms with van der Waals surface area (Å²) < 4.78 is 0. The highest BCUT2D eigenvalue weighted by atomic mass is 16.3. The number of aryl methyl sites for hydroxylation is 1. The van der Waals surface area contributed by atoms with Crippen LogP contribution < -0.4 is 10.6 Å². The number of hydrogen-bond acceptors (Lipinski definition) is 2. The number of aromatic nitrogens is 1. The second-order valence-electron chi connectivity index (χ2n) is 6.97. The fourth-order valence-electron chi connectivity index (χ4n) is 3.67. The largest absolute Gasteiger partial charge is 0.393 e. The molecular formula is C20H30N4O. The molecule has 0 saturated heterocycles. The molecule has 0 radical (unpaired) electrons. The number of guanidine groups is 1. The topological polar surface area (TPSA) is 72.4 Å². The molecule has 2 aromatic rings. The van der Waals surface area contributed by atoms with E-state index in [1.807, 2.05) is 0 Å². The number of aliphatic hydroxyl groups excluding tert-OH is 1. The Morgan fingerprint density at radius 2 is 2.08 bits per heavy atom. The number of nitrogens with one attached hydrogen (secondary N) is 3. The van der Waals surface area contributed by atoms with Gasteiger partial charge in [0.2, 0.25) is 0 Å². The van der Waals surface area contributed by atoms with E-state index in [0.717, 1.165) is 51.2 Å². The predicted octanol–water partition coefficient (Wildman–Crippen LogP) is 2.88. The van der Waals surface area contributed by atoms with Gasteiger partial charge in [0.05, 0.1) is 6.10 Å². The van der Waals surface area contributed by atoms with Crippen molar-refractivity contribution in [3.63, 3.8) is 0 Å². The second-order valence-corrected chi connectivity index (χ2v) is 6.97. The molecule has 3 rings (SSSR count). The van der Waals surface area contributed by atoms with Crippen LogP contribution >= 0.6 is 0 Å². The monoisotopic (exact) mass is 342 g/mol. The Kier molecular flexibility index (Phi) is 5.97. The normalized spacial score (nSPS) is 21.5. The highest BCUT2D eigenvalue weighted by molar-refractivity contribution is 5.86. The fourth-order valence-corrected chi connectivity index (χ4v) is 3.67. The molecule has 0 unspecified atom stereocenters. The van der Waals surface area contributed by atoms with Crippen LogP contribution in [0.1, 0.15) is 43.7 Å². The van der Waals surface area contributed by atoms with Crippen LogP contribution in [0.15, 0.2) is 29.4 Å². The lowest BCUT2D eigenvalue weighted by Gasteiger charge is -2.27. The molecule has 1 saturated carbocycles. The van der Waals surface area contributed by atoms with Gasteiger partial charge in [0.25, 0.3) is 0 Å². The van der Waals surface area contributed by atoms with E-state index in [2.05, 4.69) is 53.9 Å². The Morgan fingerprint density at radius 1 is 1.28 bits per heavy atom. The Morgan fingerprint density at radius 3 is 2.84 bits per heavy atom. The van der Waals surface area contributed by atoms with Crippen LogP contribution in [0.25, 0.3) is 10.9 Å². The van der Waals surface area contributed by atoms with Crippen LogP contribution in [0.4, 0.5) is 0 Å². The third-order valence-electron chi connectivity index (χ3n) is 5.03. The van der Waals surface area contributed by atoms with E-state index in [1.165, 1.54) is 22.0 Å². The molecule has 1 aromatic heterocycles. The number of rotatable bonds is 5. The van der Waals surface area contributed by atoms with E-state index in [0.29, 0.717) is 6.04 Å². The molecule has 0 spiro atoms. The number of fused-ring (bicyclic) bond motifs is 1. The lowest BCUT2D eigenvalue weighted by Crippen LogP contribution is -2.45. The highest BCUT2D eigenvalue weighted by Gasteiger charge is 2.19. The first kappa shape index (κ1) is 17.8. The molecular weight excluding hydrogens is 312 g/mol. The van der Waals surface area contributed by atoms with Crippen molar-refractivity contribution >= 4 is 16.9 Å². The van der Waals surface area contributed by atoms with Crippen molar-refractivity contribution in [1.29, 1.82) is 0 Å². The Balaban J connectivity index is 1.61. The summed E-state index contributed by atoms with van der Waals surface area (Å²) in [4.78, 5) is 8.11. The summed E-state index contributed by atoms with van der Waals surface area (Å²) in [6.45, 7) is 5.86. The lowest BCUT2D eigenvalue weighted by molar-refractivity contribution is 0.120. The van der Waals surface area contributed by atoms with Crippen LogP contribution in [0, 0.1) is 6.92 Å². The first-order valence-corrected chi connectivity index (χ1v) is 9.46. The molecule has 0 amide bonds. The van der Waals surface area contributed by atoms with E-state index < -0.39 is 0 Å². The van der Waals surface area contributed by atoms with E-state index in [1.54, 1.807) is 0 Å². The molecule has 0 bridgehead atoms. The first-order valence-electron chi connectivity index (χ1n) is 9.46. The van der Waals surface area contributed by atoms with E-state index >= 15 is 0 Å². The number of hydrogen-bond donors (Lipinski definition) is 4. The Bertz CT molecular complexity index is 714. The summed E-state index contributed by atoms with van der Waals surface area (Å²) in [7, 11) is 0. The van der Waals surface area contributed by atoms with Crippen molar-refractivity contribution in [2.75, 3.05) is 13.1 Å². The smallest absolute Gasteiger partial charge is 0.191 e. The number of aromatic amines is 1. The average molecular weight is 342 g/mol. The standard InChI is InChI=1S/C20H30N4O/c1-3-21-20(24-16-7-9-17(25)10-8-16)22-12-11-15-13-23-18-6-4-5-14(2)19(15)18/h4-6,13,16-17,23,25H,3,7-12H2,1-2H3,(H2,21,22,24). The van der Waals surface area contributed by atoms with Gasteiger partial charge in [-0.1, -0.05) is 12.1 Å². The lowest BCUT2D eigenvalue weighted by atomic mass is 9.93. The van der Waals surface area contributed by atoms with Gasteiger partial charge in [0.15, 0.2) is 5.96 Å². The minimum Gasteiger partial charge on any atom is -0.393 e. The number of aliphatic hydroxyl groups is 1. The molecule has 136 valence electrons. The minimum absolute atomic E-state index is 0.123. The van der Waals surface area contributed by atoms with Crippen molar-refractivity contribution in [1.82, 2.24) is 15.6 Å². The van der Waals surface area contributed by atoms with Gasteiger partial charge in [-0.15, -0.1) is 0 Å². The Hall–Kier alpha value is -2.01. The molecule has 1 aliphatic rings. The molecule has 1 aromatic carbocycles. The number of aliphatic imine (C=N–C) groups is 1. The predicted molar refractivity (Wildman–Crippen MR) is 104 cm³/mol. The quantitative estimate of drug-likeness (QED) is 0.499. The van der Waals surface area contributed by atoms with Crippen molar-refractivity contribution < 1.29 is 5.11 Å². The van der Waals surface area contributed by atoms with Crippen molar-refractivity contribution in [2.24, 2.45) is 4.99 Å². The summed E-state index contributed by atoms with van der Waals surface area (Å²) in [6.07, 6.45) is 6.68. The average Bonchev–Trinajstić information content (AvgIpc) is 3.02. The zero-order chi connectivity index (χ0) is 17.6. The maximum atomic E-state index is 9.64. The summed E-state index contributed by atoms with van der Waals surface area (Å²) in [5, 5.41) is 17.8. The van der Waals surface area contributed by atoms with Crippen molar-refractivity contribution in [2.45, 2.75) is 58.1 Å². The van der Waals surface area contributed by atoms with Gasteiger partial charge in [-0.3, -0.25) is 4.99 Å². The maximum absolute atomic E-state index is 9.64. The highest BCUT2D eigenvalue weighted by Crippen LogP contribution is 2.22. The van der Waals surface area contributed by atoms with Crippen LogP contribution in [-0.2, 0) is 6.42 Å². The number of benzene rings is 1. The molecule has 4 N–H and O–H groups in total. The summed E-state index contributed by atoms with van der Waals surface area (Å²) in [5.74, 6) is 0.889. The van der Waals surface area contributed by atoms with Gasteiger partial charge in [-0.25, -0.2) is 0 Å². The molecule has 0 atom stereocenters. The van der Waals surface area contributed by atoms with E-state index in [-0.39, 0.29) is 6.10 Å². The number of H-pyrrole nitrogens is 1. The van der Waals surface area contributed by atoms with Gasteiger partial charge in [0, 0.05) is 36.2 Å². The van der Waals surface area contributed by atoms with Crippen LogP contribution in [0.3, 0.4) is 0 Å². The molecule has 5 heteroatoms. The van der Waals surface area contributed by atoms with Crippen LogP contribution in [0.5, 0.6) is 0 Å². The Labute approximate surface area is 149 Å². The summed E-state index contributed by atoms with van der Waals surface area (Å²) in [5.41, 5.74) is 3.83. The molecule has 1 heterocycles. The minimum atomic E-state index is -0.123. The zero-order valence-electron chi connectivity index (χ0n) is 15.3. The molecule has 0 aliphatic heterocycles. The van der Waals surface area contributed by atoms with Crippen LogP contribution in [0.2, 0.25) is 0 Å².